The molecule has 102 valence electrons. The smallest absolute Gasteiger partial charge is 0.248 e. The molecule has 2 N–H and O–H groups in total. The molecule has 0 atom stereocenters. The van der Waals surface area contributed by atoms with Crippen LogP contribution in [0.5, 0.6) is 0 Å². The second kappa shape index (κ2) is 4.97. The molecule has 1 heterocycles. The number of alkyl halides is 2. The van der Waals surface area contributed by atoms with Crippen molar-refractivity contribution in [3.63, 3.8) is 0 Å². The molecule has 0 radical (unpaired) electrons. The molecule has 1 aromatic rings. The van der Waals surface area contributed by atoms with E-state index < -0.39 is 11.3 Å². The van der Waals surface area contributed by atoms with Crippen LogP contribution in [0.3, 0.4) is 0 Å². The molecule has 1 aliphatic carbocycles. The lowest BCUT2D eigenvalue weighted by molar-refractivity contribution is -0.0535. The van der Waals surface area contributed by atoms with Crippen molar-refractivity contribution in [1.29, 1.82) is 0 Å². The number of hydrogen-bond donors (Lipinski definition) is 1. The van der Waals surface area contributed by atoms with E-state index in [0.29, 0.717) is 37.5 Å². The number of methoxy groups -OCH3 is 1. The summed E-state index contributed by atoms with van der Waals surface area (Å²) in [5, 5.41) is 0. The maximum Gasteiger partial charge on any atom is 0.248 e. The third kappa shape index (κ3) is 2.57. The third-order valence-electron chi connectivity index (χ3n) is 3.80. The Balaban J connectivity index is 2.17. The Morgan fingerprint density at radius 3 is 2.50 bits per heavy atom. The van der Waals surface area contributed by atoms with Crippen LogP contribution in [0.15, 0.2) is 16.5 Å². The van der Waals surface area contributed by atoms with E-state index in [4.69, 9.17) is 14.9 Å². The lowest BCUT2D eigenvalue weighted by Gasteiger charge is -2.37. The molecule has 1 aromatic heterocycles. The summed E-state index contributed by atoms with van der Waals surface area (Å²) < 4.78 is 37.1. The molecule has 0 amide bonds. The van der Waals surface area contributed by atoms with Crippen molar-refractivity contribution in [3.8, 4) is 0 Å². The summed E-state index contributed by atoms with van der Waals surface area (Å²) in [5.41, 5.74) is 5.37. The molecule has 0 bridgehead atoms. The zero-order valence-corrected chi connectivity index (χ0v) is 10.5. The summed E-state index contributed by atoms with van der Waals surface area (Å²) in [5.74, 6) is -1.13. The largest absolute Gasteiger partial charge is 0.463 e. The fourth-order valence-corrected chi connectivity index (χ4v) is 2.53. The van der Waals surface area contributed by atoms with E-state index in [1.807, 2.05) is 12.1 Å². The van der Waals surface area contributed by atoms with Crippen LogP contribution >= 0.6 is 0 Å². The van der Waals surface area contributed by atoms with Gasteiger partial charge in [-0.1, -0.05) is 0 Å². The number of rotatable bonds is 4. The molecule has 0 aliphatic heterocycles. The van der Waals surface area contributed by atoms with Gasteiger partial charge in [-0.3, -0.25) is 0 Å². The molecule has 0 unspecified atom stereocenters. The molecule has 1 fully saturated rings. The second-order valence-electron chi connectivity index (χ2n) is 5.04. The van der Waals surface area contributed by atoms with Crippen LogP contribution in [-0.2, 0) is 16.8 Å². The van der Waals surface area contributed by atoms with Crippen molar-refractivity contribution in [2.24, 2.45) is 5.73 Å². The van der Waals surface area contributed by atoms with Crippen molar-refractivity contribution in [3.05, 3.63) is 23.7 Å². The summed E-state index contributed by atoms with van der Waals surface area (Å²) in [6, 6.07) is 3.66. The molecule has 0 aromatic carbocycles. The molecule has 1 aliphatic rings. The van der Waals surface area contributed by atoms with Crippen LogP contribution in [-0.4, -0.2) is 19.6 Å². The van der Waals surface area contributed by atoms with Gasteiger partial charge in [0, 0.05) is 31.9 Å². The Kier molecular flexibility index (Phi) is 3.73. The fraction of sp³-hybridized carbons (Fsp3) is 0.692. The van der Waals surface area contributed by atoms with Gasteiger partial charge < -0.3 is 14.9 Å². The first-order chi connectivity index (χ1) is 8.51. The van der Waals surface area contributed by atoms with E-state index in [-0.39, 0.29) is 12.8 Å². The number of nitrogens with two attached hydrogens (primary N) is 1. The minimum Gasteiger partial charge on any atom is -0.463 e. The number of ether oxygens (including phenoxy) is 1. The Morgan fingerprint density at radius 2 is 1.94 bits per heavy atom. The Bertz CT molecular complexity index is 393. The molecule has 3 nitrogen and oxygen atoms in total. The molecule has 0 spiro atoms. The van der Waals surface area contributed by atoms with E-state index in [0.717, 1.165) is 0 Å². The molecule has 2 rings (SSSR count). The highest BCUT2D eigenvalue weighted by atomic mass is 19.3. The average molecular weight is 259 g/mol. The zero-order valence-electron chi connectivity index (χ0n) is 10.5. The zero-order chi connectivity index (χ0) is 13.2. The number of furan rings is 1. The van der Waals surface area contributed by atoms with Crippen molar-refractivity contribution < 1.29 is 17.9 Å². The van der Waals surface area contributed by atoms with Crippen molar-refractivity contribution in [2.75, 3.05) is 13.7 Å². The van der Waals surface area contributed by atoms with Crippen molar-refractivity contribution in [2.45, 2.75) is 43.6 Å². The van der Waals surface area contributed by atoms with Gasteiger partial charge in [-0.15, -0.1) is 0 Å². The van der Waals surface area contributed by atoms with Gasteiger partial charge in [0.1, 0.15) is 18.1 Å². The fourth-order valence-electron chi connectivity index (χ4n) is 2.53. The topological polar surface area (TPSA) is 48.4 Å². The van der Waals surface area contributed by atoms with Gasteiger partial charge >= 0.3 is 0 Å². The highest BCUT2D eigenvalue weighted by Crippen LogP contribution is 2.45. The van der Waals surface area contributed by atoms with Gasteiger partial charge in [-0.25, -0.2) is 8.78 Å². The normalized spacial score (nSPS) is 22.0. The maximum atomic E-state index is 13.2. The highest BCUT2D eigenvalue weighted by molar-refractivity contribution is 5.19. The average Bonchev–Trinajstić information content (AvgIpc) is 2.80. The predicted octanol–water partition coefficient (Wildman–Crippen LogP) is 2.83. The van der Waals surface area contributed by atoms with E-state index >= 15 is 0 Å². The van der Waals surface area contributed by atoms with Gasteiger partial charge in [-0.05, 0) is 25.0 Å². The summed E-state index contributed by atoms with van der Waals surface area (Å²) in [6.07, 6.45) is 0.502. The summed E-state index contributed by atoms with van der Waals surface area (Å²) in [4.78, 5) is 0. The minimum atomic E-state index is -2.55. The first-order valence-electron chi connectivity index (χ1n) is 6.17. The summed E-state index contributed by atoms with van der Waals surface area (Å²) >= 11 is 0. The van der Waals surface area contributed by atoms with Crippen LogP contribution in [0.4, 0.5) is 8.78 Å². The monoisotopic (exact) mass is 259 g/mol. The van der Waals surface area contributed by atoms with Gasteiger partial charge in [0.15, 0.2) is 0 Å². The molecule has 0 saturated heterocycles. The lowest BCUT2D eigenvalue weighted by atomic mass is 9.71. The number of hydrogen-bond acceptors (Lipinski definition) is 3. The molecule has 5 heteroatoms. The SMILES string of the molecule is COCc1ccc(C2(CN)CCC(F)(F)CC2)o1. The van der Waals surface area contributed by atoms with E-state index in [9.17, 15) is 8.78 Å². The molecule has 18 heavy (non-hydrogen) atoms. The quantitative estimate of drug-likeness (QED) is 0.904. The van der Waals surface area contributed by atoms with Crippen LogP contribution in [0, 0.1) is 0 Å². The Labute approximate surface area is 105 Å². The standard InChI is InChI=1S/C13H19F2NO2/c1-17-8-10-2-3-11(18-10)12(9-16)4-6-13(14,15)7-5-12/h2-3H,4-9,16H2,1H3. The van der Waals surface area contributed by atoms with Crippen molar-refractivity contribution in [1.82, 2.24) is 0 Å². The first kappa shape index (κ1) is 13.5. The molecule has 1 saturated carbocycles. The minimum absolute atomic E-state index is 0.121. The Hall–Kier alpha value is -0.940. The third-order valence-corrected chi connectivity index (χ3v) is 3.80. The number of halogens is 2. The van der Waals surface area contributed by atoms with Crippen LogP contribution in [0.2, 0.25) is 0 Å². The van der Waals surface area contributed by atoms with E-state index in [1.54, 1.807) is 7.11 Å². The van der Waals surface area contributed by atoms with Gasteiger partial charge in [0.25, 0.3) is 0 Å². The van der Waals surface area contributed by atoms with Gasteiger partial charge in [0.2, 0.25) is 5.92 Å². The van der Waals surface area contributed by atoms with Gasteiger partial charge in [-0.2, -0.15) is 0 Å². The Morgan fingerprint density at radius 1 is 1.28 bits per heavy atom. The molecular weight excluding hydrogens is 240 g/mol. The maximum absolute atomic E-state index is 13.2. The van der Waals surface area contributed by atoms with Crippen LogP contribution in [0.1, 0.15) is 37.2 Å². The first-order valence-corrected chi connectivity index (χ1v) is 6.17. The van der Waals surface area contributed by atoms with Crippen LogP contribution < -0.4 is 5.73 Å². The lowest BCUT2D eigenvalue weighted by Crippen LogP contribution is -2.41. The van der Waals surface area contributed by atoms with Crippen molar-refractivity contribution >= 4 is 0 Å². The van der Waals surface area contributed by atoms with Crippen LogP contribution in [0.25, 0.3) is 0 Å². The highest BCUT2D eigenvalue weighted by Gasteiger charge is 2.45. The molecular formula is C13H19F2NO2. The summed E-state index contributed by atoms with van der Waals surface area (Å²) in [7, 11) is 1.59. The van der Waals surface area contributed by atoms with E-state index in [1.165, 1.54) is 0 Å². The second-order valence-corrected chi connectivity index (χ2v) is 5.04. The predicted molar refractivity (Wildman–Crippen MR) is 63.6 cm³/mol. The van der Waals surface area contributed by atoms with E-state index in [2.05, 4.69) is 0 Å². The van der Waals surface area contributed by atoms with Gasteiger partial charge in [0.05, 0.1) is 0 Å². The summed E-state index contributed by atoms with van der Waals surface area (Å²) in [6.45, 7) is 0.722.